The van der Waals surface area contributed by atoms with Gasteiger partial charge in [-0.3, -0.25) is 0 Å². The molecule has 0 aliphatic rings. The van der Waals surface area contributed by atoms with Gasteiger partial charge in [0, 0.05) is 0 Å². The molecule has 8 heteroatoms. The molecule has 0 spiro atoms. The van der Waals surface area contributed by atoms with Crippen LogP contribution in [0.5, 0.6) is 0 Å². The van der Waals surface area contributed by atoms with Gasteiger partial charge in [0.1, 0.15) is 35.7 Å². The third-order valence-electron chi connectivity index (χ3n) is 7.27. The quantitative estimate of drug-likeness (QED) is 0.178. The summed E-state index contributed by atoms with van der Waals surface area (Å²) in [5, 5.41) is 44.5. The van der Waals surface area contributed by atoms with Crippen LogP contribution in [-0.2, 0) is 0 Å². The lowest BCUT2D eigenvalue weighted by Gasteiger charge is -2.25. The van der Waals surface area contributed by atoms with Crippen molar-refractivity contribution >= 4 is 35.7 Å². The van der Waals surface area contributed by atoms with E-state index >= 15 is 0 Å². The average molecular weight is 622 g/mol. The number of aliphatic hydroxyl groups is 4. The summed E-state index contributed by atoms with van der Waals surface area (Å²) in [6.07, 6.45) is -0.00315. The Hall–Kier alpha value is -1.84. The summed E-state index contributed by atoms with van der Waals surface area (Å²) in [7, 11) is -4.25. The van der Waals surface area contributed by atoms with Gasteiger partial charge in [0.2, 0.25) is 0 Å². The van der Waals surface area contributed by atoms with E-state index < -0.39 is 14.5 Å². The highest BCUT2D eigenvalue weighted by Gasteiger charge is 2.45. The molecule has 0 atom stereocenters. The highest BCUT2D eigenvalue weighted by atomic mass is 35.5. The normalized spacial score (nSPS) is 11.0. The number of benzene rings is 4. The Morgan fingerprint density at radius 3 is 0.700 bits per heavy atom. The first kappa shape index (κ1) is 36.2. The summed E-state index contributed by atoms with van der Waals surface area (Å²) in [5.74, 6) is 0. The van der Waals surface area contributed by atoms with Crippen molar-refractivity contribution in [1.29, 1.82) is 0 Å². The van der Waals surface area contributed by atoms with Gasteiger partial charge >= 0.3 is 0 Å². The van der Waals surface area contributed by atoms with Crippen LogP contribution in [0, 0.1) is 27.7 Å². The monoisotopic (exact) mass is 620 g/mol. The second kappa shape index (κ2) is 16.6. The molecular weight excluding hydrogens is 581 g/mol. The lowest BCUT2D eigenvalue weighted by molar-refractivity contribution is -0.001000. The summed E-state index contributed by atoms with van der Waals surface area (Å²) >= 11 is 0. The molecule has 0 fully saturated rings. The minimum atomic E-state index is -2.13. The first-order valence-electron chi connectivity index (χ1n) is 12.7. The second-order valence-electron chi connectivity index (χ2n) is 9.65. The molecule has 0 aliphatic carbocycles. The Balaban J connectivity index is 0.000000381. The number of aryl methyl sites for hydroxylation is 4. The van der Waals surface area contributed by atoms with Crippen LogP contribution in [-0.4, -0.2) is 45.8 Å². The maximum Gasteiger partial charge on any atom is 0.166 e. The SMILES string of the molecule is Cc1ccccc1[P+](CO)(CO)c1ccccc1C.Cc1ccccc1[P+](CO)(CO)c1ccccc1C.[Cl-].[Cl-]. The molecule has 4 N–H and O–H groups in total. The van der Waals surface area contributed by atoms with Crippen LogP contribution in [0.3, 0.4) is 0 Å². The largest absolute Gasteiger partial charge is 1.00 e. The summed E-state index contributed by atoms with van der Waals surface area (Å²) in [6.45, 7) is 8.14. The van der Waals surface area contributed by atoms with Crippen molar-refractivity contribution in [1.82, 2.24) is 0 Å². The molecule has 0 bridgehead atoms. The smallest absolute Gasteiger partial charge is 0.166 e. The average Bonchev–Trinajstić information content (AvgIpc) is 2.94. The molecule has 0 saturated carbocycles. The third kappa shape index (κ3) is 7.32. The van der Waals surface area contributed by atoms with Crippen LogP contribution in [0.15, 0.2) is 97.1 Å². The van der Waals surface area contributed by atoms with Crippen LogP contribution in [0.2, 0.25) is 0 Å². The molecule has 0 aromatic heterocycles. The predicted octanol–water partition coefficient (Wildman–Crippen LogP) is -1.65. The Morgan fingerprint density at radius 1 is 0.375 bits per heavy atom. The Kier molecular flexibility index (Phi) is 15.0. The fraction of sp³-hybridized carbons (Fsp3) is 0.250. The fourth-order valence-corrected chi connectivity index (χ4v) is 11.5. The topological polar surface area (TPSA) is 80.9 Å². The minimum Gasteiger partial charge on any atom is -1.00 e. The van der Waals surface area contributed by atoms with Gasteiger partial charge in [0.15, 0.2) is 25.4 Å². The zero-order valence-corrected chi connectivity index (χ0v) is 26.8. The van der Waals surface area contributed by atoms with Crippen LogP contribution < -0.4 is 46.0 Å². The molecule has 4 aromatic rings. The van der Waals surface area contributed by atoms with Gasteiger partial charge in [-0.1, -0.05) is 72.8 Å². The van der Waals surface area contributed by atoms with Gasteiger partial charge in [-0.2, -0.15) is 0 Å². The fourth-order valence-electron chi connectivity index (χ4n) is 5.13. The molecule has 216 valence electrons. The van der Waals surface area contributed by atoms with Gasteiger partial charge in [0.05, 0.1) is 0 Å². The van der Waals surface area contributed by atoms with E-state index in [0.717, 1.165) is 43.5 Å². The maximum atomic E-state index is 10.0. The summed E-state index contributed by atoms with van der Waals surface area (Å²) < 4.78 is 0. The van der Waals surface area contributed by atoms with Gasteiger partial charge in [-0.15, -0.1) is 0 Å². The lowest BCUT2D eigenvalue weighted by atomic mass is 10.2. The van der Waals surface area contributed by atoms with Crippen molar-refractivity contribution < 1.29 is 45.2 Å². The molecule has 0 radical (unpaired) electrons. The van der Waals surface area contributed by atoms with E-state index in [1.54, 1.807) is 0 Å². The van der Waals surface area contributed by atoms with E-state index in [0.29, 0.717) is 0 Å². The molecule has 0 amide bonds. The number of aliphatic hydroxyl groups excluding tert-OH is 4. The molecule has 4 rings (SSSR count). The number of rotatable bonds is 8. The van der Waals surface area contributed by atoms with E-state index in [9.17, 15) is 20.4 Å². The molecule has 0 saturated heterocycles. The Labute approximate surface area is 252 Å². The van der Waals surface area contributed by atoms with Crippen molar-refractivity contribution in [3.05, 3.63) is 119 Å². The van der Waals surface area contributed by atoms with Crippen molar-refractivity contribution in [2.45, 2.75) is 27.7 Å². The zero-order valence-electron chi connectivity index (χ0n) is 23.5. The number of halogens is 2. The van der Waals surface area contributed by atoms with Gasteiger partial charge < -0.3 is 45.2 Å². The standard InChI is InChI=1S/2C16H20O2P.2ClH/c2*1-13-7-3-5-9-15(13)19(11-17,12-18)16-10-6-4-8-14(16)2;;/h2*3-10,17-18H,11-12H2,1-2H3;2*1H/q2*+1;;/p-2. The van der Waals surface area contributed by atoms with Crippen LogP contribution in [0.4, 0.5) is 0 Å². The molecule has 0 aliphatic heterocycles. The lowest BCUT2D eigenvalue weighted by Crippen LogP contribution is -3.00. The van der Waals surface area contributed by atoms with Gasteiger partial charge in [0.25, 0.3) is 0 Å². The van der Waals surface area contributed by atoms with E-state index in [-0.39, 0.29) is 50.2 Å². The molecule has 40 heavy (non-hydrogen) atoms. The first-order chi connectivity index (χ1) is 18.3. The molecular formula is C32H40Cl2O4P2. The summed E-state index contributed by atoms with van der Waals surface area (Å²) in [4.78, 5) is 0. The van der Waals surface area contributed by atoms with E-state index in [4.69, 9.17) is 0 Å². The van der Waals surface area contributed by atoms with Crippen molar-refractivity contribution in [3.8, 4) is 0 Å². The number of hydrogen-bond donors (Lipinski definition) is 4. The van der Waals surface area contributed by atoms with Crippen LogP contribution in [0.25, 0.3) is 0 Å². The predicted molar refractivity (Wildman–Crippen MR) is 165 cm³/mol. The van der Waals surface area contributed by atoms with E-state index in [1.807, 2.05) is 125 Å². The molecule has 4 aromatic carbocycles. The summed E-state index contributed by atoms with van der Waals surface area (Å²) in [5.41, 5.74) is 4.51. The van der Waals surface area contributed by atoms with Crippen LogP contribution in [0.1, 0.15) is 22.3 Å². The van der Waals surface area contributed by atoms with E-state index in [2.05, 4.69) is 0 Å². The van der Waals surface area contributed by atoms with Crippen molar-refractivity contribution in [2.24, 2.45) is 0 Å². The highest BCUT2D eigenvalue weighted by molar-refractivity contribution is 7.89. The zero-order chi connectivity index (χ0) is 27.8. The van der Waals surface area contributed by atoms with E-state index in [1.165, 1.54) is 0 Å². The number of hydrogen-bond acceptors (Lipinski definition) is 4. The first-order valence-corrected chi connectivity index (χ1v) is 17.1. The van der Waals surface area contributed by atoms with Crippen molar-refractivity contribution in [2.75, 3.05) is 25.4 Å². The third-order valence-corrected chi connectivity index (χ3v) is 14.9. The maximum absolute atomic E-state index is 10.0. The second-order valence-corrected chi connectivity index (χ2v) is 16.6. The molecule has 0 heterocycles. The Morgan fingerprint density at radius 2 is 0.550 bits per heavy atom. The summed E-state index contributed by atoms with van der Waals surface area (Å²) in [6, 6.07) is 32.1. The highest BCUT2D eigenvalue weighted by Crippen LogP contribution is 2.56. The van der Waals surface area contributed by atoms with Gasteiger partial charge in [-0.05, 0) is 74.2 Å². The van der Waals surface area contributed by atoms with Crippen LogP contribution >= 0.6 is 14.5 Å². The molecule has 4 nitrogen and oxygen atoms in total. The minimum absolute atomic E-state index is 0. The van der Waals surface area contributed by atoms with Crippen molar-refractivity contribution in [3.63, 3.8) is 0 Å². The molecule has 0 unspecified atom stereocenters. The van der Waals surface area contributed by atoms with Gasteiger partial charge in [-0.25, -0.2) is 0 Å². The Bertz CT molecular complexity index is 1140.